The quantitative estimate of drug-likeness (QED) is 0.449. The zero-order valence-electron chi connectivity index (χ0n) is 16.1. The minimum Gasteiger partial charge on any atom is -0.492 e. The summed E-state index contributed by atoms with van der Waals surface area (Å²) in [6, 6.07) is 33.9. The largest absolute Gasteiger partial charge is 0.492 e. The number of hydrogen-bond acceptors (Lipinski definition) is 2. The Bertz CT molecular complexity index is 1040. The maximum Gasteiger partial charge on any atom is 0.232 e. The summed E-state index contributed by atoms with van der Waals surface area (Å²) in [5.41, 5.74) is 1.96. The number of carbonyl (C=O) groups excluding carboxylic acids is 1. The van der Waals surface area contributed by atoms with E-state index in [1.54, 1.807) is 0 Å². The van der Waals surface area contributed by atoms with Gasteiger partial charge in [0.1, 0.15) is 12.4 Å². The molecule has 4 aromatic carbocycles. The summed E-state index contributed by atoms with van der Waals surface area (Å²) in [6.07, 6.45) is 0. The molecule has 0 aliphatic rings. The molecule has 0 atom stereocenters. The van der Waals surface area contributed by atoms with Crippen LogP contribution in [0.25, 0.3) is 10.8 Å². The molecule has 1 N–H and O–H groups in total. The molecule has 0 aliphatic carbocycles. The van der Waals surface area contributed by atoms with E-state index in [1.165, 1.54) is 5.39 Å². The van der Waals surface area contributed by atoms with Crippen LogP contribution in [0.1, 0.15) is 17.0 Å². The fourth-order valence-electron chi connectivity index (χ4n) is 3.49. The van der Waals surface area contributed by atoms with E-state index >= 15 is 0 Å². The number of benzene rings is 4. The molecule has 0 heterocycles. The molecule has 0 aliphatic heterocycles. The minimum atomic E-state index is -0.335. The molecule has 29 heavy (non-hydrogen) atoms. The third-order valence-corrected chi connectivity index (χ3v) is 4.92. The highest BCUT2D eigenvalue weighted by molar-refractivity contribution is 5.87. The predicted octanol–water partition coefficient (Wildman–Crippen LogP) is 5.17. The highest BCUT2D eigenvalue weighted by Crippen LogP contribution is 2.25. The van der Waals surface area contributed by atoms with Crippen LogP contribution in [0.2, 0.25) is 0 Å². The minimum absolute atomic E-state index is 0.0236. The van der Waals surface area contributed by atoms with E-state index in [1.807, 2.05) is 91.0 Å². The molecule has 3 nitrogen and oxygen atoms in total. The number of carbonyl (C=O) groups is 1. The van der Waals surface area contributed by atoms with Crippen molar-refractivity contribution in [1.29, 1.82) is 0 Å². The third-order valence-electron chi connectivity index (χ3n) is 4.92. The van der Waals surface area contributed by atoms with Gasteiger partial charge in [-0.3, -0.25) is 4.79 Å². The third kappa shape index (κ3) is 4.64. The van der Waals surface area contributed by atoms with Crippen LogP contribution in [-0.4, -0.2) is 19.1 Å². The van der Waals surface area contributed by atoms with Gasteiger partial charge in [-0.2, -0.15) is 0 Å². The first-order chi connectivity index (χ1) is 14.3. The summed E-state index contributed by atoms with van der Waals surface area (Å²) >= 11 is 0. The van der Waals surface area contributed by atoms with Gasteiger partial charge in [0.25, 0.3) is 0 Å². The number of nitrogens with one attached hydrogen (secondary N) is 1. The zero-order valence-corrected chi connectivity index (χ0v) is 16.1. The molecule has 4 rings (SSSR count). The molecule has 0 aromatic heterocycles. The number of rotatable bonds is 7. The van der Waals surface area contributed by atoms with Gasteiger partial charge in [0.05, 0.1) is 12.5 Å². The van der Waals surface area contributed by atoms with Crippen LogP contribution in [0.15, 0.2) is 103 Å². The lowest BCUT2D eigenvalue weighted by atomic mass is 9.90. The first-order valence-electron chi connectivity index (χ1n) is 9.80. The zero-order chi connectivity index (χ0) is 19.9. The Hall–Kier alpha value is -3.59. The highest BCUT2D eigenvalue weighted by Gasteiger charge is 2.21. The number of hydrogen-bond donors (Lipinski definition) is 1. The van der Waals surface area contributed by atoms with Gasteiger partial charge in [0.15, 0.2) is 0 Å². The van der Waals surface area contributed by atoms with Crippen molar-refractivity contribution in [2.75, 3.05) is 13.2 Å². The van der Waals surface area contributed by atoms with Crippen molar-refractivity contribution in [1.82, 2.24) is 5.32 Å². The second-order valence-corrected chi connectivity index (χ2v) is 6.90. The summed E-state index contributed by atoms with van der Waals surface area (Å²) in [6.45, 7) is 0.863. The van der Waals surface area contributed by atoms with E-state index in [-0.39, 0.29) is 11.8 Å². The van der Waals surface area contributed by atoms with Crippen LogP contribution in [0, 0.1) is 0 Å². The van der Waals surface area contributed by atoms with Gasteiger partial charge in [0, 0.05) is 0 Å². The monoisotopic (exact) mass is 381 g/mol. The van der Waals surface area contributed by atoms with Crippen molar-refractivity contribution in [2.24, 2.45) is 0 Å². The van der Waals surface area contributed by atoms with E-state index in [0.717, 1.165) is 22.3 Å². The van der Waals surface area contributed by atoms with E-state index in [0.29, 0.717) is 13.2 Å². The Kier molecular flexibility index (Phi) is 5.87. The maximum absolute atomic E-state index is 13.0. The van der Waals surface area contributed by atoms with Crippen LogP contribution < -0.4 is 10.1 Å². The Labute approximate surface area is 171 Å². The fourth-order valence-corrected chi connectivity index (χ4v) is 3.49. The van der Waals surface area contributed by atoms with Crippen LogP contribution in [0.3, 0.4) is 0 Å². The molecule has 3 heteroatoms. The lowest BCUT2D eigenvalue weighted by Gasteiger charge is -2.18. The van der Waals surface area contributed by atoms with Gasteiger partial charge in [-0.05, 0) is 34.0 Å². The first-order valence-corrected chi connectivity index (χ1v) is 9.80. The van der Waals surface area contributed by atoms with Crippen molar-refractivity contribution < 1.29 is 9.53 Å². The molecule has 144 valence electrons. The Balaban J connectivity index is 1.39. The second kappa shape index (κ2) is 9.07. The van der Waals surface area contributed by atoms with Crippen LogP contribution in [0.5, 0.6) is 5.75 Å². The molecule has 0 saturated heterocycles. The fraction of sp³-hybridized carbons (Fsp3) is 0.115. The van der Waals surface area contributed by atoms with Gasteiger partial charge in [-0.25, -0.2) is 0 Å². The van der Waals surface area contributed by atoms with Gasteiger partial charge in [0.2, 0.25) is 5.91 Å². The summed E-state index contributed by atoms with van der Waals surface area (Å²) in [5, 5.41) is 5.35. The molecule has 4 aromatic rings. The maximum atomic E-state index is 13.0. The van der Waals surface area contributed by atoms with E-state index in [9.17, 15) is 4.79 Å². The first kappa shape index (κ1) is 18.8. The van der Waals surface area contributed by atoms with Crippen LogP contribution in [-0.2, 0) is 4.79 Å². The van der Waals surface area contributed by atoms with Crippen molar-refractivity contribution >= 4 is 16.7 Å². The summed E-state index contributed by atoms with van der Waals surface area (Å²) < 4.78 is 5.84. The van der Waals surface area contributed by atoms with Gasteiger partial charge in [-0.1, -0.05) is 91.0 Å². The van der Waals surface area contributed by atoms with E-state index < -0.39 is 0 Å². The predicted molar refractivity (Wildman–Crippen MR) is 117 cm³/mol. The van der Waals surface area contributed by atoms with Crippen molar-refractivity contribution in [3.63, 3.8) is 0 Å². The topological polar surface area (TPSA) is 38.3 Å². The standard InChI is InChI=1S/C26H23NO2/c28-26(25(21-10-3-1-4-11-21)22-12-5-2-6-13-22)27-17-18-29-24-16-15-20-9-7-8-14-23(20)19-24/h1-16,19,25H,17-18H2,(H,27,28). The van der Waals surface area contributed by atoms with E-state index in [4.69, 9.17) is 4.74 Å². The number of fused-ring (bicyclic) bond motifs is 1. The van der Waals surface area contributed by atoms with Crippen LogP contribution >= 0.6 is 0 Å². The number of ether oxygens (including phenoxy) is 1. The van der Waals surface area contributed by atoms with E-state index in [2.05, 4.69) is 17.4 Å². The second-order valence-electron chi connectivity index (χ2n) is 6.90. The van der Waals surface area contributed by atoms with Crippen molar-refractivity contribution in [3.05, 3.63) is 114 Å². The van der Waals surface area contributed by atoms with Gasteiger partial charge in [-0.15, -0.1) is 0 Å². The van der Waals surface area contributed by atoms with Crippen molar-refractivity contribution in [2.45, 2.75) is 5.92 Å². The van der Waals surface area contributed by atoms with Crippen LogP contribution in [0.4, 0.5) is 0 Å². The van der Waals surface area contributed by atoms with Crippen molar-refractivity contribution in [3.8, 4) is 5.75 Å². The highest BCUT2D eigenvalue weighted by atomic mass is 16.5. The Morgan fingerprint density at radius 3 is 1.97 bits per heavy atom. The smallest absolute Gasteiger partial charge is 0.232 e. The van der Waals surface area contributed by atoms with Gasteiger partial charge >= 0.3 is 0 Å². The SMILES string of the molecule is O=C(NCCOc1ccc2ccccc2c1)C(c1ccccc1)c1ccccc1. The molecule has 0 fully saturated rings. The summed E-state index contributed by atoms with van der Waals surface area (Å²) in [7, 11) is 0. The average Bonchev–Trinajstić information content (AvgIpc) is 2.78. The Morgan fingerprint density at radius 2 is 1.31 bits per heavy atom. The number of amides is 1. The van der Waals surface area contributed by atoms with Gasteiger partial charge < -0.3 is 10.1 Å². The summed E-state index contributed by atoms with van der Waals surface area (Å²) in [4.78, 5) is 13.0. The molecule has 0 unspecified atom stereocenters. The molecule has 0 radical (unpaired) electrons. The molecule has 0 bridgehead atoms. The Morgan fingerprint density at radius 1 is 0.724 bits per heavy atom. The molecular formula is C26H23NO2. The lowest BCUT2D eigenvalue weighted by Crippen LogP contribution is -2.33. The summed E-state index contributed by atoms with van der Waals surface area (Å²) in [5.74, 6) is 0.447. The molecule has 0 saturated carbocycles. The molecule has 1 amide bonds. The normalized spacial score (nSPS) is 10.8. The average molecular weight is 381 g/mol. The molecule has 0 spiro atoms. The lowest BCUT2D eigenvalue weighted by molar-refractivity contribution is -0.121. The molecular weight excluding hydrogens is 358 g/mol.